The Bertz CT molecular complexity index is 492. The number of hydrogen-bond donors (Lipinski definition) is 2. The molecule has 1 aliphatic heterocycles. The van der Waals surface area contributed by atoms with E-state index in [9.17, 15) is 14.7 Å². The highest BCUT2D eigenvalue weighted by Gasteiger charge is 2.32. The Hall–Kier alpha value is -2.30. The van der Waals surface area contributed by atoms with E-state index in [0.717, 1.165) is 5.56 Å². The standard InChI is InChI=1S/C12H11NO4/c13-11(15)10-8(14)6-9(17-12(10)16)7-4-2-1-3-5-7/h1-5,9,14H,6H2,(H2,13,15). The van der Waals surface area contributed by atoms with Crippen molar-refractivity contribution in [1.82, 2.24) is 0 Å². The summed E-state index contributed by atoms with van der Waals surface area (Å²) in [6.07, 6.45) is -0.514. The zero-order valence-corrected chi connectivity index (χ0v) is 8.92. The predicted molar refractivity (Wildman–Crippen MR) is 58.7 cm³/mol. The lowest BCUT2D eigenvalue weighted by Gasteiger charge is -2.23. The highest BCUT2D eigenvalue weighted by atomic mass is 16.5. The quantitative estimate of drug-likeness (QED) is 0.588. The smallest absolute Gasteiger partial charge is 0.347 e. The van der Waals surface area contributed by atoms with Crippen LogP contribution in [0.15, 0.2) is 41.7 Å². The third-order valence-electron chi connectivity index (χ3n) is 2.54. The van der Waals surface area contributed by atoms with Crippen molar-refractivity contribution < 1.29 is 19.4 Å². The minimum Gasteiger partial charge on any atom is -0.511 e. The molecule has 2 rings (SSSR count). The van der Waals surface area contributed by atoms with E-state index in [1.807, 2.05) is 6.07 Å². The van der Waals surface area contributed by atoms with Crippen LogP contribution < -0.4 is 5.73 Å². The summed E-state index contributed by atoms with van der Waals surface area (Å²) in [4.78, 5) is 22.4. The van der Waals surface area contributed by atoms with E-state index in [1.165, 1.54) is 0 Å². The summed E-state index contributed by atoms with van der Waals surface area (Å²) in [5.74, 6) is -2.17. The van der Waals surface area contributed by atoms with E-state index >= 15 is 0 Å². The number of aliphatic hydroxyl groups is 1. The lowest BCUT2D eigenvalue weighted by molar-refractivity contribution is -0.148. The number of hydrogen-bond acceptors (Lipinski definition) is 4. The van der Waals surface area contributed by atoms with Crippen LogP contribution in [0, 0.1) is 0 Å². The van der Waals surface area contributed by atoms with Crippen LogP contribution in [0.4, 0.5) is 0 Å². The molecule has 88 valence electrons. The molecule has 0 saturated carbocycles. The summed E-state index contributed by atoms with van der Waals surface area (Å²) >= 11 is 0. The average molecular weight is 233 g/mol. The first kappa shape index (κ1) is 11.2. The van der Waals surface area contributed by atoms with Gasteiger partial charge in [0.15, 0.2) is 5.57 Å². The third kappa shape index (κ3) is 2.13. The van der Waals surface area contributed by atoms with Crippen molar-refractivity contribution in [1.29, 1.82) is 0 Å². The van der Waals surface area contributed by atoms with Gasteiger partial charge < -0.3 is 15.6 Å². The Labute approximate surface area is 97.5 Å². The van der Waals surface area contributed by atoms with Crippen LogP contribution >= 0.6 is 0 Å². The van der Waals surface area contributed by atoms with Crippen LogP contribution in [0.3, 0.4) is 0 Å². The molecule has 3 N–H and O–H groups in total. The summed E-state index contributed by atoms with van der Waals surface area (Å²) in [6.45, 7) is 0. The van der Waals surface area contributed by atoms with Gasteiger partial charge >= 0.3 is 5.97 Å². The van der Waals surface area contributed by atoms with E-state index in [0.29, 0.717) is 0 Å². The third-order valence-corrected chi connectivity index (χ3v) is 2.54. The van der Waals surface area contributed by atoms with E-state index < -0.39 is 23.6 Å². The summed E-state index contributed by atoms with van der Waals surface area (Å²) < 4.78 is 5.06. The van der Waals surface area contributed by atoms with Gasteiger partial charge in [0.1, 0.15) is 11.9 Å². The van der Waals surface area contributed by atoms with E-state index in [1.54, 1.807) is 24.3 Å². The zero-order chi connectivity index (χ0) is 12.4. The minimum atomic E-state index is -0.973. The molecule has 1 atom stereocenters. The summed E-state index contributed by atoms with van der Waals surface area (Å²) in [5, 5.41) is 9.62. The molecule has 5 nitrogen and oxygen atoms in total. The van der Waals surface area contributed by atoms with Crippen LogP contribution in [0.25, 0.3) is 0 Å². The van der Waals surface area contributed by atoms with Gasteiger partial charge in [-0.25, -0.2) is 4.79 Å². The zero-order valence-electron chi connectivity index (χ0n) is 8.92. The Kier molecular flexibility index (Phi) is 2.82. The highest BCUT2D eigenvalue weighted by Crippen LogP contribution is 2.30. The Balaban J connectivity index is 2.30. The molecule has 1 unspecified atom stereocenters. The van der Waals surface area contributed by atoms with Crippen LogP contribution in [0.5, 0.6) is 0 Å². The van der Waals surface area contributed by atoms with Crippen molar-refractivity contribution in [3.8, 4) is 0 Å². The van der Waals surface area contributed by atoms with Crippen LogP contribution in [-0.2, 0) is 14.3 Å². The first-order chi connectivity index (χ1) is 8.09. The van der Waals surface area contributed by atoms with Gasteiger partial charge in [0.2, 0.25) is 0 Å². The molecule has 1 aromatic rings. The van der Waals surface area contributed by atoms with Crippen LogP contribution in [0.2, 0.25) is 0 Å². The fraction of sp³-hybridized carbons (Fsp3) is 0.167. The topological polar surface area (TPSA) is 89.6 Å². The Morgan fingerprint density at radius 3 is 2.53 bits per heavy atom. The molecule has 0 aromatic heterocycles. The molecule has 1 aliphatic rings. The molecule has 0 aliphatic carbocycles. The number of carbonyl (C=O) groups is 2. The first-order valence-corrected chi connectivity index (χ1v) is 5.07. The molecule has 1 heterocycles. The minimum absolute atomic E-state index is 0.0635. The van der Waals surface area contributed by atoms with Gasteiger partial charge in [-0.1, -0.05) is 30.3 Å². The second-order valence-electron chi connectivity index (χ2n) is 3.69. The molecule has 0 spiro atoms. The number of amides is 1. The van der Waals surface area contributed by atoms with Gasteiger partial charge in [0.05, 0.1) is 0 Å². The van der Waals surface area contributed by atoms with E-state index in [2.05, 4.69) is 0 Å². The largest absolute Gasteiger partial charge is 0.511 e. The second-order valence-corrected chi connectivity index (χ2v) is 3.69. The molecule has 0 radical (unpaired) electrons. The lowest BCUT2D eigenvalue weighted by Crippen LogP contribution is -2.29. The number of aliphatic hydroxyl groups excluding tert-OH is 1. The molecule has 0 saturated heterocycles. The van der Waals surface area contributed by atoms with Crippen molar-refractivity contribution in [2.24, 2.45) is 5.73 Å². The fourth-order valence-electron chi connectivity index (χ4n) is 1.72. The van der Waals surface area contributed by atoms with E-state index in [4.69, 9.17) is 10.5 Å². The summed E-state index contributed by atoms with van der Waals surface area (Å²) in [5.41, 5.74) is 5.27. The van der Waals surface area contributed by atoms with Gasteiger partial charge in [0, 0.05) is 6.42 Å². The number of esters is 1. The molecule has 0 fully saturated rings. The van der Waals surface area contributed by atoms with Crippen LogP contribution in [-0.4, -0.2) is 17.0 Å². The van der Waals surface area contributed by atoms with Crippen molar-refractivity contribution in [2.45, 2.75) is 12.5 Å². The first-order valence-electron chi connectivity index (χ1n) is 5.07. The Morgan fingerprint density at radius 1 is 1.35 bits per heavy atom. The summed E-state index contributed by atoms with van der Waals surface area (Å²) in [6, 6.07) is 8.99. The monoisotopic (exact) mass is 233 g/mol. The van der Waals surface area contributed by atoms with Gasteiger partial charge in [-0.3, -0.25) is 4.79 Å². The molecule has 1 aromatic carbocycles. The molecule has 17 heavy (non-hydrogen) atoms. The summed E-state index contributed by atoms with van der Waals surface area (Å²) in [7, 11) is 0. The average Bonchev–Trinajstić information content (AvgIpc) is 2.28. The highest BCUT2D eigenvalue weighted by molar-refractivity contribution is 6.16. The number of nitrogens with two attached hydrogens (primary N) is 1. The number of primary amides is 1. The van der Waals surface area contributed by atoms with Gasteiger partial charge in [-0.2, -0.15) is 0 Å². The molecule has 5 heteroatoms. The predicted octanol–water partition coefficient (Wildman–Crippen LogP) is 0.972. The van der Waals surface area contributed by atoms with Gasteiger partial charge in [-0.15, -0.1) is 0 Å². The van der Waals surface area contributed by atoms with E-state index in [-0.39, 0.29) is 12.2 Å². The van der Waals surface area contributed by atoms with Crippen molar-refractivity contribution >= 4 is 11.9 Å². The van der Waals surface area contributed by atoms with Crippen molar-refractivity contribution in [3.05, 3.63) is 47.2 Å². The van der Waals surface area contributed by atoms with Crippen LogP contribution in [0.1, 0.15) is 18.1 Å². The maximum atomic E-state index is 11.5. The molecular formula is C12H11NO4. The maximum Gasteiger partial charge on any atom is 0.347 e. The molecule has 0 bridgehead atoms. The number of cyclic esters (lactones) is 1. The number of rotatable bonds is 2. The number of benzene rings is 1. The van der Waals surface area contributed by atoms with Gasteiger partial charge in [-0.05, 0) is 5.56 Å². The molecule has 1 amide bonds. The lowest BCUT2D eigenvalue weighted by atomic mass is 10.0. The maximum absolute atomic E-state index is 11.5. The number of ether oxygens (including phenoxy) is 1. The second kappa shape index (κ2) is 4.29. The number of carbonyl (C=O) groups excluding carboxylic acids is 2. The van der Waals surface area contributed by atoms with Gasteiger partial charge in [0.25, 0.3) is 5.91 Å². The fourth-order valence-corrected chi connectivity index (χ4v) is 1.72. The van der Waals surface area contributed by atoms with Crippen molar-refractivity contribution in [3.63, 3.8) is 0 Å². The normalized spacial score (nSPS) is 20.0. The molecular weight excluding hydrogens is 222 g/mol. The Morgan fingerprint density at radius 2 is 2.00 bits per heavy atom. The van der Waals surface area contributed by atoms with Crippen molar-refractivity contribution in [2.75, 3.05) is 0 Å². The SMILES string of the molecule is NC(=O)C1=C(O)CC(c2ccccc2)OC1=O.